The van der Waals surface area contributed by atoms with Crippen LogP contribution in [-0.4, -0.2) is 54.8 Å². The number of hydrogen-bond acceptors (Lipinski definition) is 7. The SMILES string of the molecule is Cc1cc2nc(COC(F)(F)F)cn2c(Nc2cc([C@H]3CC[C@@H](OC(=O)NC4(C)CC4)[C@@H]3F)[nH]n2)n1. The van der Waals surface area contributed by atoms with E-state index in [4.69, 9.17) is 4.74 Å². The van der Waals surface area contributed by atoms with Crippen LogP contribution in [0.3, 0.4) is 0 Å². The molecule has 10 nitrogen and oxygen atoms in total. The zero-order chi connectivity index (χ0) is 25.7. The molecule has 5 rings (SSSR count). The van der Waals surface area contributed by atoms with Gasteiger partial charge in [-0.05, 0) is 39.5 Å². The molecule has 14 heteroatoms. The number of aromatic amines is 1. The number of aromatic nitrogens is 5. The number of nitrogens with zero attached hydrogens (tertiary/aromatic N) is 4. The zero-order valence-corrected chi connectivity index (χ0v) is 19.5. The number of fused-ring (bicyclic) bond motifs is 1. The Balaban J connectivity index is 1.26. The van der Waals surface area contributed by atoms with Gasteiger partial charge in [0.05, 0.1) is 12.3 Å². The van der Waals surface area contributed by atoms with Gasteiger partial charge in [-0.1, -0.05) is 0 Å². The van der Waals surface area contributed by atoms with Crippen LogP contribution in [0.5, 0.6) is 0 Å². The Kier molecular flexibility index (Phi) is 6.01. The van der Waals surface area contributed by atoms with E-state index in [0.717, 1.165) is 12.8 Å². The summed E-state index contributed by atoms with van der Waals surface area (Å²) in [5.41, 5.74) is 1.30. The van der Waals surface area contributed by atoms with E-state index >= 15 is 4.39 Å². The van der Waals surface area contributed by atoms with Crippen molar-refractivity contribution in [2.45, 2.75) is 76.2 Å². The molecule has 3 N–H and O–H groups in total. The molecule has 0 saturated heterocycles. The van der Waals surface area contributed by atoms with Crippen molar-refractivity contribution in [3.8, 4) is 0 Å². The summed E-state index contributed by atoms with van der Waals surface area (Å²) in [6.45, 7) is 2.89. The first-order valence-corrected chi connectivity index (χ1v) is 11.5. The number of H-pyrrole nitrogens is 1. The minimum absolute atomic E-state index is 0.0717. The van der Waals surface area contributed by atoms with Crippen LogP contribution >= 0.6 is 0 Å². The van der Waals surface area contributed by atoms with E-state index in [0.29, 0.717) is 35.7 Å². The summed E-state index contributed by atoms with van der Waals surface area (Å²) in [6.07, 6.45) is -3.63. The number of hydrogen-bond donors (Lipinski definition) is 3. The van der Waals surface area contributed by atoms with Crippen molar-refractivity contribution < 1.29 is 31.8 Å². The molecule has 0 aromatic carbocycles. The Morgan fingerprint density at radius 3 is 2.78 bits per heavy atom. The van der Waals surface area contributed by atoms with Gasteiger partial charge in [-0.25, -0.2) is 19.2 Å². The minimum atomic E-state index is -4.77. The highest BCUT2D eigenvalue weighted by Gasteiger charge is 2.43. The standard InChI is InChI=1S/C22H25F4N7O3/c1-11-7-17-28-12(10-35-22(24,25)26)9-33(17)19(27-11)29-16-8-14(31-32-16)13-3-4-15(18(13)23)36-20(34)30-21(2)5-6-21/h7-9,13,15,18H,3-6,10H2,1-2H3,(H,30,34)(H2,27,29,31,32)/t13-,15-,18-/m1/s1. The molecule has 0 bridgehead atoms. The second kappa shape index (κ2) is 8.91. The largest absolute Gasteiger partial charge is 0.522 e. The summed E-state index contributed by atoms with van der Waals surface area (Å²) in [4.78, 5) is 20.6. The third kappa shape index (κ3) is 5.37. The lowest BCUT2D eigenvalue weighted by Crippen LogP contribution is -2.38. The van der Waals surface area contributed by atoms with Gasteiger partial charge in [0.25, 0.3) is 0 Å². The molecule has 0 radical (unpaired) electrons. The molecule has 3 atom stereocenters. The van der Waals surface area contributed by atoms with E-state index in [-0.39, 0.29) is 17.2 Å². The highest BCUT2D eigenvalue weighted by atomic mass is 19.4. The summed E-state index contributed by atoms with van der Waals surface area (Å²) in [6, 6.07) is 3.25. The van der Waals surface area contributed by atoms with Crippen molar-refractivity contribution in [1.82, 2.24) is 29.9 Å². The highest BCUT2D eigenvalue weighted by Crippen LogP contribution is 2.39. The first-order chi connectivity index (χ1) is 17.0. The number of alkyl carbamates (subject to hydrolysis) is 1. The topological polar surface area (TPSA) is 118 Å². The number of aryl methyl sites for hydroxylation is 1. The highest BCUT2D eigenvalue weighted by molar-refractivity contribution is 5.69. The van der Waals surface area contributed by atoms with E-state index in [1.807, 2.05) is 6.92 Å². The smallest absolute Gasteiger partial charge is 0.443 e. The lowest BCUT2D eigenvalue weighted by molar-refractivity contribution is -0.330. The molecule has 0 aliphatic heterocycles. The van der Waals surface area contributed by atoms with Crippen molar-refractivity contribution in [1.29, 1.82) is 0 Å². The molecule has 36 heavy (non-hydrogen) atoms. The summed E-state index contributed by atoms with van der Waals surface area (Å²) in [7, 11) is 0. The van der Waals surface area contributed by atoms with Crippen molar-refractivity contribution in [3.63, 3.8) is 0 Å². The van der Waals surface area contributed by atoms with Gasteiger partial charge in [-0.2, -0.15) is 5.10 Å². The lowest BCUT2D eigenvalue weighted by atomic mass is 10.0. The van der Waals surface area contributed by atoms with Crippen molar-refractivity contribution >= 4 is 23.5 Å². The fourth-order valence-electron chi connectivity index (χ4n) is 4.27. The Labute approximate surface area is 202 Å². The Morgan fingerprint density at radius 2 is 2.06 bits per heavy atom. The van der Waals surface area contributed by atoms with Crippen molar-refractivity contribution in [2.24, 2.45) is 0 Å². The molecule has 2 aliphatic carbocycles. The third-order valence-electron chi connectivity index (χ3n) is 6.42. The maximum absolute atomic E-state index is 15.1. The molecule has 2 aliphatic rings. The molecule has 2 fully saturated rings. The number of anilines is 2. The van der Waals surface area contributed by atoms with Gasteiger partial charge in [0.2, 0.25) is 5.95 Å². The number of rotatable bonds is 7. The number of halogens is 4. The second-order valence-corrected chi connectivity index (χ2v) is 9.51. The predicted octanol–water partition coefficient (Wildman–Crippen LogP) is 4.40. The zero-order valence-electron chi connectivity index (χ0n) is 19.5. The van der Waals surface area contributed by atoms with Gasteiger partial charge in [0.1, 0.15) is 17.9 Å². The number of ether oxygens (including phenoxy) is 2. The first-order valence-electron chi connectivity index (χ1n) is 11.5. The molecule has 2 saturated carbocycles. The lowest BCUT2D eigenvalue weighted by Gasteiger charge is -2.19. The summed E-state index contributed by atoms with van der Waals surface area (Å²) in [5, 5.41) is 12.8. The van der Waals surface area contributed by atoms with Gasteiger partial charge >= 0.3 is 12.5 Å². The maximum atomic E-state index is 15.1. The minimum Gasteiger partial charge on any atom is -0.443 e. The van der Waals surface area contributed by atoms with E-state index in [9.17, 15) is 18.0 Å². The van der Waals surface area contributed by atoms with Crippen LogP contribution in [-0.2, 0) is 16.1 Å². The number of carbonyl (C=O) groups is 1. The molecule has 1 amide bonds. The van der Waals surface area contributed by atoms with Gasteiger partial charge < -0.3 is 15.4 Å². The van der Waals surface area contributed by atoms with Crippen LogP contribution in [0.25, 0.3) is 5.65 Å². The number of amides is 1. The molecule has 0 unspecified atom stereocenters. The molecule has 0 spiro atoms. The first kappa shape index (κ1) is 24.3. The van der Waals surface area contributed by atoms with E-state index in [1.54, 1.807) is 19.1 Å². The monoisotopic (exact) mass is 511 g/mol. The van der Waals surface area contributed by atoms with E-state index in [2.05, 4.69) is 35.5 Å². The normalized spacial score (nSPS) is 23.1. The number of carbonyl (C=O) groups excluding carboxylic acids is 1. The third-order valence-corrected chi connectivity index (χ3v) is 6.42. The van der Waals surface area contributed by atoms with Crippen molar-refractivity contribution in [3.05, 3.63) is 35.4 Å². The van der Waals surface area contributed by atoms with Gasteiger partial charge in [0, 0.05) is 41.2 Å². The fraction of sp³-hybridized carbons (Fsp3) is 0.545. The molecular weight excluding hydrogens is 486 g/mol. The van der Waals surface area contributed by atoms with Crippen LogP contribution in [0.15, 0.2) is 18.3 Å². The Bertz CT molecular complexity index is 1270. The van der Waals surface area contributed by atoms with Gasteiger partial charge in [-0.15, -0.1) is 13.2 Å². The van der Waals surface area contributed by atoms with Crippen LogP contribution in [0.4, 0.5) is 34.1 Å². The molecule has 3 heterocycles. The average molecular weight is 511 g/mol. The van der Waals surface area contributed by atoms with Crippen LogP contribution in [0, 0.1) is 6.92 Å². The number of alkyl halides is 4. The molecule has 194 valence electrons. The quantitative estimate of drug-likeness (QED) is 0.402. The Morgan fingerprint density at radius 1 is 1.28 bits per heavy atom. The predicted molar refractivity (Wildman–Crippen MR) is 118 cm³/mol. The average Bonchev–Trinajstić information content (AvgIpc) is 3.12. The van der Waals surface area contributed by atoms with Gasteiger partial charge in [0.15, 0.2) is 5.82 Å². The summed E-state index contributed by atoms with van der Waals surface area (Å²) in [5.74, 6) is 0.0675. The summed E-state index contributed by atoms with van der Waals surface area (Å²) >= 11 is 0. The van der Waals surface area contributed by atoms with Crippen LogP contribution in [0.2, 0.25) is 0 Å². The van der Waals surface area contributed by atoms with Gasteiger partial charge in [-0.3, -0.25) is 14.2 Å². The van der Waals surface area contributed by atoms with E-state index in [1.165, 1.54) is 10.6 Å². The molecule has 3 aromatic rings. The maximum Gasteiger partial charge on any atom is 0.522 e. The number of nitrogens with one attached hydrogen (secondary N) is 3. The van der Waals surface area contributed by atoms with Crippen LogP contribution < -0.4 is 10.6 Å². The fourth-order valence-corrected chi connectivity index (χ4v) is 4.27. The molecule has 3 aromatic heterocycles. The summed E-state index contributed by atoms with van der Waals surface area (Å²) < 4.78 is 63.0. The molecular formula is C22H25F4N7O3. The second-order valence-electron chi connectivity index (χ2n) is 9.51. The Hall–Kier alpha value is -3.42. The van der Waals surface area contributed by atoms with Crippen molar-refractivity contribution in [2.75, 3.05) is 5.32 Å². The van der Waals surface area contributed by atoms with Crippen LogP contribution in [0.1, 0.15) is 55.6 Å². The van der Waals surface area contributed by atoms with E-state index < -0.39 is 37.3 Å². The number of imidazole rings is 1.